The lowest BCUT2D eigenvalue weighted by Crippen LogP contribution is -2.24. The van der Waals surface area contributed by atoms with Crippen molar-refractivity contribution in [1.82, 2.24) is 4.90 Å². The van der Waals surface area contributed by atoms with Crippen molar-refractivity contribution in [3.63, 3.8) is 0 Å². The van der Waals surface area contributed by atoms with Crippen molar-refractivity contribution in [1.29, 1.82) is 0 Å². The molecule has 2 heterocycles. The largest absolute Gasteiger partial charge is 0.378 e. The molecule has 0 fully saturated rings. The third-order valence-corrected chi connectivity index (χ3v) is 2.84. The van der Waals surface area contributed by atoms with Crippen LogP contribution >= 0.6 is 0 Å². The second-order valence-electron chi connectivity index (χ2n) is 3.85. The first-order valence-corrected chi connectivity index (χ1v) is 4.94. The second kappa shape index (κ2) is 2.71. The summed E-state index contributed by atoms with van der Waals surface area (Å²) in [6, 6.07) is 8.38. The minimum absolute atomic E-state index is 1.10. The highest BCUT2D eigenvalue weighted by Gasteiger charge is 2.16. The van der Waals surface area contributed by atoms with Gasteiger partial charge in [-0.15, -0.1) is 0 Å². The van der Waals surface area contributed by atoms with Gasteiger partial charge in [-0.05, 0) is 18.1 Å². The number of benzene rings is 1. The molecule has 1 aromatic rings. The van der Waals surface area contributed by atoms with Gasteiger partial charge >= 0.3 is 0 Å². The Labute approximate surface area is 82.9 Å². The van der Waals surface area contributed by atoms with Crippen molar-refractivity contribution in [2.24, 2.45) is 4.99 Å². The van der Waals surface area contributed by atoms with Crippen molar-refractivity contribution >= 4 is 5.57 Å². The molecule has 0 spiro atoms. The van der Waals surface area contributed by atoms with Crippen LogP contribution in [-0.4, -0.2) is 18.5 Å². The number of fused-ring (bicyclic) bond motifs is 2. The number of hydrogen-bond donors (Lipinski definition) is 0. The summed E-state index contributed by atoms with van der Waals surface area (Å²) >= 11 is 0. The van der Waals surface area contributed by atoms with Gasteiger partial charge in [-0.1, -0.05) is 18.2 Å². The molecule has 0 saturated carbocycles. The van der Waals surface area contributed by atoms with E-state index in [-0.39, 0.29) is 0 Å². The fourth-order valence-corrected chi connectivity index (χ4v) is 2.09. The van der Waals surface area contributed by atoms with Crippen molar-refractivity contribution in [3.05, 3.63) is 46.7 Å². The molecule has 0 unspecified atom stereocenters. The maximum absolute atomic E-state index is 4.61. The molecule has 70 valence electrons. The van der Waals surface area contributed by atoms with E-state index >= 15 is 0 Å². The predicted molar refractivity (Wildman–Crippen MR) is 56.0 cm³/mol. The highest BCUT2D eigenvalue weighted by molar-refractivity contribution is 5.66. The zero-order valence-electron chi connectivity index (χ0n) is 8.20. The van der Waals surface area contributed by atoms with Crippen LogP contribution in [0.25, 0.3) is 5.57 Å². The molecule has 0 atom stereocenters. The smallest absolute Gasteiger partial charge is 0.0834 e. The fourth-order valence-electron chi connectivity index (χ4n) is 2.09. The molecule has 0 N–H and O–H groups in total. The molecule has 0 aromatic heterocycles. The summed E-state index contributed by atoms with van der Waals surface area (Å²) < 4.78 is 0. The number of para-hydroxylation sites is 1. The van der Waals surface area contributed by atoms with Gasteiger partial charge in [-0.3, -0.25) is 0 Å². The van der Waals surface area contributed by atoms with Gasteiger partial charge in [-0.2, -0.15) is 0 Å². The summed E-state index contributed by atoms with van der Waals surface area (Å²) in [6.07, 6.45) is 3.25. The number of rotatable bonds is 0. The molecule has 0 amide bonds. The molecule has 14 heavy (non-hydrogen) atoms. The topological polar surface area (TPSA) is 15.6 Å². The van der Waals surface area contributed by atoms with E-state index in [1.54, 1.807) is 0 Å². The quantitative estimate of drug-likeness (QED) is 0.578. The lowest BCUT2D eigenvalue weighted by atomic mass is 10.1. The summed E-state index contributed by atoms with van der Waals surface area (Å²) in [5.41, 5.74) is 2.57. The normalized spacial score (nSPS) is 18.5. The molecule has 3 rings (SSSR count). The first-order valence-electron chi connectivity index (χ1n) is 4.94. The van der Waals surface area contributed by atoms with E-state index < -0.39 is 0 Å². The van der Waals surface area contributed by atoms with Crippen LogP contribution < -0.4 is 10.6 Å². The SMILES string of the molecule is CN1C=C2N=c3ccccc3=C2CC1. The van der Waals surface area contributed by atoms with Crippen molar-refractivity contribution in [2.75, 3.05) is 13.6 Å². The van der Waals surface area contributed by atoms with Crippen LogP contribution in [0.1, 0.15) is 6.42 Å². The van der Waals surface area contributed by atoms with E-state index in [2.05, 4.69) is 41.3 Å². The van der Waals surface area contributed by atoms with Gasteiger partial charge in [0.15, 0.2) is 0 Å². The van der Waals surface area contributed by atoms with Crippen LogP contribution in [0, 0.1) is 0 Å². The van der Waals surface area contributed by atoms with Gasteiger partial charge in [-0.25, -0.2) is 4.99 Å². The van der Waals surface area contributed by atoms with E-state index in [9.17, 15) is 0 Å². The number of hydrogen-bond acceptors (Lipinski definition) is 2. The lowest BCUT2D eigenvalue weighted by Gasteiger charge is -2.20. The number of allylic oxidation sites excluding steroid dienone is 1. The van der Waals surface area contributed by atoms with Crippen molar-refractivity contribution in [3.8, 4) is 0 Å². The summed E-state index contributed by atoms with van der Waals surface area (Å²) in [6.45, 7) is 1.10. The molecule has 2 aliphatic heterocycles. The van der Waals surface area contributed by atoms with Crippen molar-refractivity contribution < 1.29 is 0 Å². The Kier molecular flexibility index (Phi) is 1.51. The summed E-state index contributed by atoms with van der Waals surface area (Å²) in [7, 11) is 2.10. The monoisotopic (exact) mass is 184 g/mol. The molecule has 2 aliphatic rings. The molecule has 0 saturated heterocycles. The third-order valence-electron chi connectivity index (χ3n) is 2.84. The van der Waals surface area contributed by atoms with Crippen LogP contribution in [0.2, 0.25) is 0 Å². The summed E-state index contributed by atoms with van der Waals surface area (Å²) in [4.78, 5) is 6.81. The molecular weight excluding hydrogens is 172 g/mol. The molecule has 1 aromatic carbocycles. The second-order valence-corrected chi connectivity index (χ2v) is 3.85. The zero-order valence-corrected chi connectivity index (χ0v) is 8.20. The Morgan fingerprint density at radius 2 is 2.14 bits per heavy atom. The molecule has 0 bridgehead atoms. The van der Waals surface area contributed by atoms with E-state index in [1.807, 2.05) is 6.07 Å². The molecule has 0 radical (unpaired) electrons. The third kappa shape index (κ3) is 1.00. The van der Waals surface area contributed by atoms with Crippen LogP contribution in [-0.2, 0) is 0 Å². The highest BCUT2D eigenvalue weighted by atomic mass is 15.1. The fraction of sp³-hybridized carbons (Fsp3) is 0.250. The molecule has 2 nitrogen and oxygen atoms in total. The van der Waals surface area contributed by atoms with E-state index in [1.165, 1.54) is 10.8 Å². The molecule has 0 aliphatic carbocycles. The Morgan fingerprint density at radius 1 is 1.29 bits per heavy atom. The Bertz CT molecular complexity index is 525. The summed E-state index contributed by atoms with van der Waals surface area (Å²) in [5.74, 6) is 0. The standard InChI is InChI=1S/C12H12N2/c1-14-7-6-10-9-4-2-3-5-11(9)13-12(10)8-14/h2-5,8H,6-7H2,1H3. The van der Waals surface area contributed by atoms with E-state index in [0.717, 1.165) is 24.0 Å². The van der Waals surface area contributed by atoms with Crippen LogP contribution in [0.4, 0.5) is 0 Å². The first kappa shape index (κ1) is 7.80. The highest BCUT2D eigenvalue weighted by Crippen LogP contribution is 2.22. The van der Waals surface area contributed by atoms with Gasteiger partial charge in [0.25, 0.3) is 0 Å². The summed E-state index contributed by atoms with van der Waals surface area (Å²) in [5, 5.41) is 2.45. The van der Waals surface area contributed by atoms with Crippen molar-refractivity contribution in [2.45, 2.75) is 6.42 Å². The van der Waals surface area contributed by atoms with Gasteiger partial charge < -0.3 is 4.90 Å². The van der Waals surface area contributed by atoms with E-state index in [4.69, 9.17) is 0 Å². The molecular formula is C12H12N2. The van der Waals surface area contributed by atoms with Gasteiger partial charge in [0.2, 0.25) is 0 Å². The maximum atomic E-state index is 4.61. The average Bonchev–Trinajstić information content (AvgIpc) is 2.54. The van der Waals surface area contributed by atoms with E-state index in [0.29, 0.717) is 0 Å². The first-order chi connectivity index (χ1) is 6.84. The predicted octanol–water partition coefficient (Wildman–Crippen LogP) is 0.647. The molecule has 2 heteroatoms. The van der Waals surface area contributed by atoms with Gasteiger partial charge in [0, 0.05) is 25.0 Å². The van der Waals surface area contributed by atoms with Crippen LogP contribution in [0.15, 0.2) is 41.2 Å². The Balaban J connectivity index is 2.34. The van der Waals surface area contributed by atoms with Gasteiger partial charge in [0.1, 0.15) is 0 Å². The minimum Gasteiger partial charge on any atom is -0.378 e. The Hall–Kier alpha value is -1.57. The lowest BCUT2D eigenvalue weighted by molar-refractivity contribution is 0.453. The maximum Gasteiger partial charge on any atom is 0.0834 e. The van der Waals surface area contributed by atoms with Crippen LogP contribution in [0.3, 0.4) is 0 Å². The Morgan fingerprint density at radius 3 is 3.07 bits per heavy atom. The zero-order chi connectivity index (χ0) is 9.54. The van der Waals surface area contributed by atoms with Gasteiger partial charge in [0.05, 0.1) is 11.1 Å². The minimum atomic E-state index is 1.10. The van der Waals surface area contributed by atoms with Crippen LogP contribution in [0.5, 0.6) is 0 Å². The average molecular weight is 184 g/mol. The number of nitrogens with zero attached hydrogens (tertiary/aromatic N) is 2.